The molecule has 0 atom stereocenters. The summed E-state index contributed by atoms with van der Waals surface area (Å²) in [6.07, 6.45) is 9.51. The van der Waals surface area contributed by atoms with Gasteiger partial charge in [0.1, 0.15) is 0 Å². The first kappa shape index (κ1) is 19.1. The second kappa shape index (κ2) is 8.34. The van der Waals surface area contributed by atoms with Gasteiger partial charge in [-0.25, -0.2) is 8.78 Å². The number of hydrogen-bond donors (Lipinski definition) is 0. The van der Waals surface area contributed by atoms with Gasteiger partial charge in [-0.05, 0) is 37.3 Å². The summed E-state index contributed by atoms with van der Waals surface area (Å²) in [6, 6.07) is 16.7. The van der Waals surface area contributed by atoms with Gasteiger partial charge >= 0.3 is 0 Å². The maximum atomic E-state index is 14.2. The fourth-order valence-electron chi connectivity index (χ4n) is 3.25. The molecule has 0 aliphatic heterocycles. The summed E-state index contributed by atoms with van der Waals surface area (Å²) in [6.45, 7) is 3.84. The fourth-order valence-corrected chi connectivity index (χ4v) is 3.25. The topological polar surface area (TPSA) is 3.24 Å². The number of halogens is 2. The van der Waals surface area contributed by atoms with Crippen LogP contribution in [-0.4, -0.2) is 0 Å². The standard InChI is InChI=1S/C24H25F2N/c1-3-18-24(25,26)20-13-16-23(17-14-20)27(21-9-5-4-6-10-21)22-11-7-8-19(2)12-15-22/h4-10,12-17H,3,11,18H2,1-2H3. The van der Waals surface area contributed by atoms with Crippen LogP contribution in [-0.2, 0) is 5.92 Å². The molecule has 0 N–H and O–H groups in total. The third kappa shape index (κ3) is 4.54. The monoisotopic (exact) mass is 365 g/mol. The van der Waals surface area contributed by atoms with Crippen LogP contribution in [0.3, 0.4) is 0 Å². The highest BCUT2D eigenvalue weighted by atomic mass is 19.3. The predicted octanol–water partition coefficient (Wildman–Crippen LogP) is 7.51. The Morgan fingerprint density at radius 1 is 0.926 bits per heavy atom. The summed E-state index contributed by atoms with van der Waals surface area (Å²) >= 11 is 0. The third-order valence-corrected chi connectivity index (χ3v) is 4.66. The quantitative estimate of drug-likeness (QED) is 0.512. The number of anilines is 2. The van der Waals surface area contributed by atoms with Crippen molar-refractivity contribution < 1.29 is 8.78 Å². The van der Waals surface area contributed by atoms with E-state index in [1.165, 1.54) is 5.57 Å². The van der Waals surface area contributed by atoms with E-state index in [9.17, 15) is 8.78 Å². The van der Waals surface area contributed by atoms with Crippen LogP contribution in [0.15, 0.2) is 90.2 Å². The first-order valence-corrected chi connectivity index (χ1v) is 9.39. The Morgan fingerprint density at radius 2 is 1.59 bits per heavy atom. The summed E-state index contributed by atoms with van der Waals surface area (Å²) in [4.78, 5) is 2.13. The molecule has 0 radical (unpaired) electrons. The van der Waals surface area contributed by atoms with Gasteiger partial charge in [0, 0.05) is 35.5 Å². The first-order valence-electron chi connectivity index (χ1n) is 9.39. The number of nitrogens with zero attached hydrogens (tertiary/aromatic N) is 1. The van der Waals surface area contributed by atoms with Crippen molar-refractivity contribution in [1.82, 2.24) is 0 Å². The molecule has 0 unspecified atom stereocenters. The van der Waals surface area contributed by atoms with E-state index in [2.05, 4.69) is 36.1 Å². The van der Waals surface area contributed by atoms with Crippen LogP contribution >= 0.6 is 0 Å². The first-order chi connectivity index (χ1) is 13.0. The summed E-state index contributed by atoms with van der Waals surface area (Å²) in [7, 11) is 0. The highest BCUT2D eigenvalue weighted by molar-refractivity contribution is 5.69. The number of rotatable bonds is 6. The minimum atomic E-state index is -2.78. The SMILES string of the molecule is CCCC(F)(F)c1ccc(N(C2=CC=C(C)C=CC2)c2ccccc2)cc1. The smallest absolute Gasteiger partial charge is 0.273 e. The molecule has 0 fully saturated rings. The van der Waals surface area contributed by atoms with Crippen LogP contribution in [0, 0.1) is 0 Å². The molecule has 0 saturated heterocycles. The second-order valence-corrected chi connectivity index (χ2v) is 6.85. The number of alkyl halides is 2. The maximum absolute atomic E-state index is 14.2. The maximum Gasteiger partial charge on any atom is 0.273 e. The molecule has 1 nitrogen and oxygen atoms in total. The largest absolute Gasteiger partial charge is 0.314 e. The molecule has 0 amide bonds. The van der Waals surface area contributed by atoms with E-state index in [0.717, 1.165) is 23.5 Å². The zero-order valence-electron chi connectivity index (χ0n) is 15.8. The lowest BCUT2D eigenvalue weighted by Crippen LogP contribution is -2.17. The molecule has 0 heterocycles. The van der Waals surface area contributed by atoms with Crippen molar-refractivity contribution in [3.8, 4) is 0 Å². The Labute approximate surface area is 160 Å². The van der Waals surface area contributed by atoms with Gasteiger partial charge in [-0.1, -0.05) is 67.5 Å². The summed E-state index contributed by atoms with van der Waals surface area (Å²) < 4.78 is 28.4. The highest BCUT2D eigenvalue weighted by Crippen LogP contribution is 2.36. The molecule has 27 heavy (non-hydrogen) atoms. The molecular weight excluding hydrogens is 340 g/mol. The fraction of sp³-hybridized carbons (Fsp3) is 0.250. The summed E-state index contributed by atoms with van der Waals surface area (Å²) in [5.74, 6) is -2.78. The van der Waals surface area contributed by atoms with E-state index in [4.69, 9.17) is 0 Å². The van der Waals surface area contributed by atoms with Gasteiger partial charge < -0.3 is 4.90 Å². The van der Waals surface area contributed by atoms with Crippen molar-refractivity contribution in [2.45, 2.75) is 39.0 Å². The Balaban J connectivity index is 2.00. The minimum Gasteiger partial charge on any atom is -0.314 e. The second-order valence-electron chi connectivity index (χ2n) is 6.85. The lowest BCUT2D eigenvalue weighted by Gasteiger charge is -2.28. The zero-order chi connectivity index (χ0) is 19.3. The molecule has 0 saturated carbocycles. The Hall–Kier alpha value is -2.68. The molecule has 3 heteroatoms. The van der Waals surface area contributed by atoms with Gasteiger partial charge in [-0.15, -0.1) is 0 Å². The van der Waals surface area contributed by atoms with Gasteiger partial charge in [0.25, 0.3) is 5.92 Å². The van der Waals surface area contributed by atoms with Gasteiger partial charge in [0.05, 0.1) is 0 Å². The van der Waals surface area contributed by atoms with Gasteiger partial charge in [0.2, 0.25) is 0 Å². The van der Waals surface area contributed by atoms with E-state index < -0.39 is 5.92 Å². The van der Waals surface area contributed by atoms with E-state index in [1.54, 1.807) is 31.2 Å². The lowest BCUT2D eigenvalue weighted by atomic mass is 10.0. The number of hydrogen-bond acceptors (Lipinski definition) is 1. The van der Waals surface area contributed by atoms with E-state index in [-0.39, 0.29) is 12.0 Å². The molecule has 1 aliphatic rings. The van der Waals surface area contributed by atoms with Crippen molar-refractivity contribution in [2.75, 3.05) is 4.90 Å². The van der Waals surface area contributed by atoms with Crippen molar-refractivity contribution in [1.29, 1.82) is 0 Å². The summed E-state index contributed by atoms with van der Waals surface area (Å²) in [5, 5.41) is 0. The average molecular weight is 365 g/mol. The van der Waals surface area contributed by atoms with Gasteiger partial charge in [-0.2, -0.15) is 0 Å². The van der Waals surface area contributed by atoms with Crippen LogP contribution in [0.1, 0.15) is 38.7 Å². The zero-order valence-corrected chi connectivity index (χ0v) is 15.8. The highest BCUT2D eigenvalue weighted by Gasteiger charge is 2.30. The normalized spacial score (nSPS) is 14.4. The molecule has 2 aromatic rings. The van der Waals surface area contributed by atoms with Crippen LogP contribution in [0.25, 0.3) is 0 Å². The van der Waals surface area contributed by atoms with Crippen LogP contribution in [0.5, 0.6) is 0 Å². The Bertz CT molecular complexity index is 846. The number of benzene rings is 2. The molecular formula is C24H25F2N. The number of para-hydroxylation sites is 1. The van der Waals surface area contributed by atoms with Crippen LogP contribution in [0.2, 0.25) is 0 Å². The Kier molecular flexibility index (Phi) is 5.90. The van der Waals surface area contributed by atoms with Crippen LogP contribution < -0.4 is 4.90 Å². The molecule has 0 aromatic heterocycles. The van der Waals surface area contributed by atoms with E-state index in [0.29, 0.717) is 6.42 Å². The van der Waals surface area contributed by atoms with Crippen molar-refractivity contribution in [3.05, 3.63) is 95.7 Å². The van der Waals surface area contributed by atoms with Crippen molar-refractivity contribution in [2.24, 2.45) is 0 Å². The van der Waals surface area contributed by atoms with E-state index >= 15 is 0 Å². The molecule has 3 rings (SSSR count). The van der Waals surface area contributed by atoms with Gasteiger partial charge in [-0.3, -0.25) is 0 Å². The molecule has 1 aliphatic carbocycles. The van der Waals surface area contributed by atoms with Crippen LogP contribution in [0.4, 0.5) is 20.2 Å². The van der Waals surface area contributed by atoms with Gasteiger partial charge in [0.15, 0.2) is 0 Å². The Morgan fingerprint density at radius 3 is 2.26 bits per heavy atom. The van der Waals surface area contributed by atoms with Crippen molar-refractivity contribution >= 4 is 11.4 Å². The number of allylic oxidation sites excluding steroid dienone is 5. The lowest BCUT2D eigenvalue weighted by molar-refractivity contribution is -0.0140. The molecule has 0 spiro atoms. The average Bonchev–Trinajstić information content (AvgIpc) is 2.88. The predicted molar refractivity (Wildman–Crippen MR) is 109 cm³/mol. The molecule has 2 aromatic carbocycles. The minimum absolute atomic E-state index is 0.0755. The van der Waals surface area contributed by atoms with E-state index in [1.807, 2.05) is 30.3 Å². The molecule has 140 valence electrons. The summed E-state index contributed by atoms with van der Waals surface area (Å²) in [5.41, 5.74) is 4.25. The molecule has 0 bridgehead atoms. The third-order valence-electron chi connectivity index (χ3n) is 4.66. The van der Waals surface area contributed by atoms with Crippen molar-refractivity contribution in [3.63, 3.8) is 0 Å².